The number of carbonyl (C=O) groups excluding carboxylic acids is 1. The van der Waals surface area contributed by atoms with Gasteiger partial charge in [0, 0.05) is 12.6 Å². The number of rotatable bonds is 9. The van der Waals surface area contributed by atoms with Crippen molar-refractivity contribution in [3.05, 3.63) is 88.4 Å². The van der Waals surface area contributed by atoms with Gasteiger partial charge in [0.25, 0.3) is 0 Å². The topological polar surface area (TPSA) is 29.5 Å². The van der Waals surface area contributed by atoms with Gasteiger partial charge < -0.3 is 4.74 Å². The molecule has 0 spiro atoms. The van der Waals surface area contributed by atoms with E-state index in [2.05, 4.69) is 11.5 Å². The van der Waals surface area contributed by atoms with Gasteiger partial charge in [0.2, 0.25) is 0 Å². The molecule has 5 heteroatoms. The first-order valence-corrected chi connectivity index (χ1v) is 9.75. The molecule has 0 fully saturated rings. The quantitative estimate of drug-likeness (QED) is 0.299. The van der Waals surface area contributed by atoms with E-state index in [1.807, 2.05) is 62.5 Å². The summed E-state index contributed by atoms with van der Waals surface area (Å²) in [6.45, 7) is 6.75. The Kier molecular flexibility index (Phi) is 8.31. The molecule has 0 saturated carbocycles. The average molecular weight is 418 g/mol. The largest absolute Gasteiger partial charge is 0.461 e. The smallest absolute Gasteiger partial charge is 0.330 e. The lowest BCUT2D eigenvalue weighted by molar-refractivity contribution is -0.141. The fraction of sp³-hybridized carbons (Fsp3) is 0.261. The fourth-order valence-corrected chi connectivity index (χ4v) is 3.12. The van der Waals surface area contributed by atoms with Crippen molar-refractivity contribution in [1.29, 1.82) is 0 Å². The highest BCUT2D eigenvalue weighted by atomic mass is 35.5. The van der Waals surface area contributed by atoms with E-state index >= 15 is 0 Å². The maximum Gasteiger partial charge on any atom is 0.330 e. The van der Waals surface area contributed by atoms with Gasteiger partial charge in [-0.3, -0.25) is 4.90 Å². The molecule has 2 aromatic carbocycles. The Morgan fingerprint density at radius 2 is 1.89 bits per heavy atom. The normalized spacial score (nSPS) is 13.5. The van der Waals surface area contributed by atoms with Crippen molar-refractivity contribution in [2.75, 3.05) is 20.2 Å². The molecular formula is C23H25Cl2NO2. The third-order valence-electron chi connectivity index (χ3n) is 4.63. The Morgan fingerprint density at radius 1 is 1.18 bits per heavy atom. The predicted octanol–water partition coefficient (Wildman–Crippen LogP) is 5.67. The van der Waals surface area contributed by atoms with Crippen molar-refractivity contribution in [3.8, 4) is 0 Å². The van der Waals surface area contributed by atoms with Gasteiger partial charge in [0.1, 0.15) is 6.61 Å². The minimum atomic E-state index is -0.429. The molecule has 3 nitrogen and oxygen atoms in total. The second kappa shape index (κ2) is 10.5. The van der Waals surface area contributed by atoms with Crippen LogP contribution in [0.2, 0.25) is 10.0 Å². The van der Waals surface area contributed by atoms with Gasteiger partial charge in [0.05, 0.1) is 15.6 Å². The first-order valence-electron chi connectivity index (χ1n) is 9.00. The molecule has 0 bridgehead atoms. The van der Waals surface area contributed by atoms with E-state index in [4.69, 9.17) is 27.9 Å². The van der Waals surface area contributed by atoms with E-state index < -0.39 is 5.54 Å². The molecule has 28 heavy (non-hydrogen) atoms. The Hall–Kier alpha value is -2.07. The lowest BCUT2D eigenvalue weighted by Gasteiger charge is -2.38. The van der Waals surface area contributed by atoms with Gasteiger partial charge in [-0.15, -0.1) is 6.58 Å². The maximum absolute atomic E-state index is 12.2. The minimum absolute atomic E-state index is 0.232. The highest BCUT2D eigenvalue weighted by Crippen LogP contribution is 2.27. The van der Waals surface area contributed by atoms with Crippen molar-refractivity contribution >= 4 is 35.2 Å². The fourth-order valence-electron chi connectivity index (χ4n) is 2.80. The minimum Gasteiger partial charge on any atom is -0.461 e. The second-order valence-electron chi connectivity index (χ2n) is 6.94. The van der Waals surface area contributed by atoms with Crippen molar-refractivity contribution in [3.63, 3.8) is 0 Å². The Labute approximate surface area is 177 Å². The molecule has 0 aliphatic heterocycles. The molecule has 0 N–H and O–H groups in total. The predicted molar refractivity (Wildman–Crippen MR) is 118 cm³/mol. The van der Waals surface area contributed by atoms with Crippen molar-refractivity contribution in [2.24, 2.45) is 0 Å². The molecule has 2 rings (SSSR count). The zero-order chi connectivity index (χ0) is 20.6. The number of likely N-dealkylation sites (N-methyl/N-ethyl adjacent to an activating group) is 1. The summed E-state index contributed by atoms with van der Waals surface area (Å²) < 4.78 is 5.56. The molecule has 148 valence electrons. The lowest BCUT2D eigenvalue weighted by Crippen LogP contribution is -2.49. The molecule has 0 heterocycles. The van der Waals surface area contributed by atoms with Gasteiger partial charge in [-0.05, 0) is 49.7 Å². The van der Waals surface area contributed by atoms with E-state index in [-0.39, 0.29) is 12.6 Å². The van der Waals surface area contributed by atoms with Crippen LogP contribution in [0.5, 0.6) is 0 Å². The SMILES string of the molecule is C=CCN(C)C(C)(COC(=O)C=Cc1ccccc1)Cc1ccc(Cl)c(Cl)c1. The third kappa shape index (κ3) is 6.52. The summed E-state index contributed by atoms with van der Waals surface area (Å²) in [6.07, 6.45) is 5.66. The van der Waals surface area contributed by atoms with E-state index in [1.54, 1.807) is 12.1 Å². The summed E-state index contributed by atoms with van der Waals surface area (Å²) in [7, 11) is 1.98. The molecule has 0 aliphatic carbocycles. The van der Waals surface area contributed by atoms with Crippen LogP contribution < -0.4 is 0 Å². The van der Waals surface area contributed by atoms with Crippen LogP contribution in [0.4, 0.5) is 0 Å². The molecule has 2 aromatic rings. The monoisotopic (exact) mass is 417 g/mol. The summed E-state index contributed by atoms with van der Waals surface area (Å²) >= 11 is 12.2. The number of halogens is 2. The molecular weight excluding hydrogens is 393 g/mol. The summed E-state index contributed by atoms with van der Waals surface area (Å²) in [5.41, 5.74) is 1.53. The molecule has 0 aromatic heterocycles. The molecule has 0 aliphatic rings. The maximum atomic E-state index is 12.2. The summed E-state index contributed by atoms with van der Waals surface area (Å²) in [6, 6.07) is 15.2. The standard InChI is InChI=1S/C23H25Cl2NO2/c1-4-14-26(3)23(2,16-19-10-12-20(24)21(25)15-19)17-28-22(27)13-11-18-8-6-5-7-9-18/h4-13,15H,1,14,16-17H2,2-3H3. The first kappa shape index (κ1) is 22.2. The highest BCUT2D eigenvalue weighted by Gasteiger charge is 2.31. The van der Waals surface area contributed by atoms with Gasteiger partial charge in [-0.1, -0.05) is 65.7 Å². The molecule has 1 atom stereocenters. The molecule has 0 radical (unpaired) electrons. The number of ether oxygens (including phenoxy) is 1. The van der Waals surface area contributed by atoms with Crippen LogP contribution >= 0.6 is 23.2 Å². The van der Waals surface area contributed by atoms with Crippen molar-refractivity contribution in [1.82, 2.24) is 4.90 Å². The zero-order valence-corrected chi connectivity index (χ0v) is 17.7. The van der Waals surface area contributed by atoms with Crippen LogP contribution in [0.3, 0.4) is 0 Å². The second-order valence-corrected chi connectivity index (χ2v) is 7.76. The summed E-state index contributed by atoms with van der Waals surface area (Å²) in [5, 5.41) is 1.03. The van der Waals surface area contributed by atoms with Crippen LogP contribution in [0.25, 0.3) is 6.08 Å². The van der Waals surface area contributed by atoms with E-state index in [9.17, 15) is 4.79 Å². The van der Waals surface area contributed by atoms with Crippen LogP contribution in [0.1, 0.15) is 18.1 Å². The van der Waals surface area contributed by atoms with Crippen LogP contribution in [-0.2, 0) is 16.0 Å². The number of hydrogen-bond donors (Lipinski definition) is 0. The Bertz CT molecular complexity index is 836. The lowest BCUT2D eigenvalue weighted by atomic mass is 9.92. The number of carbonyl (C=O) groups is 1. The summed E-state index contributed by atoms with van der Waals surface area (Å²) in [5.74, 6) is -0.379. The number of nitrogens with zero attached hydrogens (tertiary/aromatic N) is 1. The average Bonchev–Trinajstić information content (AvgIpc) is 2.68. The summed E-state index contributed by atoms with van der Waals surface area (Å²) in [4.78, 5) is 14.3. The van der Waals surface area contributed by atoms with Crippen molar-refractivity contribution < 1.29 is 9.53 Å². The van der Waals surface area contributed by atoms with Crippen LogP contribution in [0.15, 0.2) is 67.3 Å². The van der Waals surface area contributed by atoms with Gasteiger partial charge in [-0.25, -0.2) is 4.79 Å². The van der Waals surface area contributed by atoms with Crippen molar-refractivity contribution in [2.45, 2.75) is 18.9 Å². The first-order chi connectivity index (χ1) is 13.3. The number of esters is 1. The number of hydrogen-bond acceptors (Lipinski definition) is 3. The number of benzene rings is 2. The van der Waals surface area contributed by atoms with E-state index in [0.29, 0.717) is 23.0 Å². The molecule has 1 unspecified atom stereocenters. The van der Waals surface area contributed by atoms with Gasteiger partial charge in [0.15, 0.2) is 0 Å². The van der Waals surface area contributed by atoms with Crippen LogP contribution in [0, 0.1) is 0 Å². The van der Waals surface area contributed by atoms with Crippen LogP contribution in [-0.4, -0.2) is 36.6 Å². The van der Waals surface area contributed by atoms with E-state index in [0.717, 1.165) is 11.1 Å². The molecule has 0 amide bonds. The zero-order valence-electron chi connectivity index (χ0n) is 16.2. The van der Waals surface area contributed by atoms with Gasteiger partial charge in [-0.2, -0.15) is 0 Å². The van der Waals surface area contributed by atoms with Gasteiger partial charge >= 0.3 is 5.97 Å². The Balaban J connectivity index is 2.09. The molecule has 0 saturated heterocycles. The third-order valence-corrected chi connectivity index (χ3v) is 5.37. The van der Waals surface area contributed by atoms with E-state index in [1.165, 1.54) is 6.08 Å². The Morgan fingerprint density at radius 3 is 2.54 bits per heavy atom. The highest BCUT2D eigenvalue weighted by molar-refractivity contribution is 6.42.